The summed E-state index contributed by atoms with van der Waals surface area (Å²) in [7, 11) is 0. The summed E-state index contributed by atoms with van der Waals surface area (Å²) in [6, 6.07) is 12.7. The molecule has 0 aliphatic carbocycles. The molecule has 0 N–H and O–H groups in total. The Morgan fingerprint density at radius 1 is 1.00 bits per heavy atom. The van der Waals surface area contributed by atoms with Gasteiger partial charge in [0.05, 0.1) is 5.56 Å². The fourth-order valence-corrected chi connectivity index (χ4v) is 2.61. The molecule has 0 saturated carbocycles. The Kier molecular flexibility index (Phi) is 4.47. The smallest absolute Gasteiger partial charge is 0.173 e. The summed E-state index contributed by atoms with van der Waals surface area (Å²) in [6.07, 6.45) is 3.46. The van der Waals surface area contributed by atoms with Gasteiger partial charge in [0.25, 0.3) is 0 Å². The van der Waals surface area contributed by atoms with Gasteiger partial charge in [0.15, 0.2) is 5.78 Å². The number of aromatic nitrogens is 1. The number of nitrogens with zero attached hydrogens (tertiary/aromatic N) is 1. The number of rotatable bonds is 4. The first-order valence-electron chi connectivity index (χ1n) is 7.53. The summed E-state index contributed by atoms with van der Waals surface area (Å²) in [6.45, 7) is 2.00. The van der Waals surface area contributed by atoms with E-state index in [0.717, 1.165) is 28.8 Å². The molecule has 120 valence electrons. The maximum Gasteiger partial charge on any atom is 0.173 e. The van der Waals surface area contributed by atoms with Crippen molar-refractivity contribution in [2.45, 2.75) is 13.3 Å². The Labute approximate surface area is 138 Å². The molecule has 0 unspecified atom stereocenters. The summed E-state index contributed by atoms with van der Waals surface area (Å²) in [5, 5.41) is 0. The van der Waals surface area contributed by atoms with E-state index in [9.17, 15) is 13.6 Å². The second-order valence-corrected chi connectivity index (χ2v) is 5.58. The van der Waals surface area contributed by atoms with Gasteiger partial charge in [0.2, 0.25) is 0 Å². The molecule has 0 atom stereocenters. The zero-order valence-electron chi connectivity index (χ0n) is 13.1. The predicted molar refractivity (Wildman–Crippen MR) is 88.8 cm³/mol. The molecule has 0 aliphatic rings. The first kappa shape index (κ1) is 16.0. The van der Waals surface area contributed by atoms with E-state index in [4.69, 9.17) is 0 Å². The molecular formula is C20H15F2NO. The van der Waals surface area contributed by atoms with E-state index < -0.39 is 23.0 Å². The third-order valence-corrected chi connectivity index (χ3v) is 3.91. The van der Waals surface area contributed by atoms with Crippen molar-refractivity contribution in [1.82, 2.24) is 4.98 Å². The number of hydrogen-bond acceptors (Lipinski definition) is 2. The van der Waals surface area contributed by atoms with Crippen LogP contribution in [-0.2, 0) is 6.42 Å². The van der Waals surface area contributed by atoms with Crippen LogP contribution in [0.2, 0.25) is 0 Å². The maximum absolute atomic E-state index is 13.7. The third kappa shape index (κ3) is 3.23. The van der Waals surface area contributed by atoms with Crippen molar-refractivity contribution in [3.05, 3.63) is 89.2 Å². The minimum absolute atomic E-state index is 0.0514. The van der Waals surface area contributed by atoms with Crippen molar-refractivity contribution in [3.63, 3.8) is 0 Å². The fraction of sp³-hybridized carbons (Fsp3) is 0.100. The van der Waals surface area contributed by atoms with Crippen molar-refractivity contribution in [3.8, 4) is 11.1 Å². The second kappa shape index (κ2) is 6.71. The van der Waals surface area contributed by atoms with Gasteiger partial charge in [-0.15, -0.1) is 0 Å². The van der Waals surface area contributed by atoms with Gasteiger partial charge in [-0.2, -0.15) is 0 Å². The Balaban J connectivity index is 1.82. The zero-order chi connectivity index (χ0) is 17.1. The van der Waals surface area contributed by atoms with E-state index in [1.54, 1.807) is 24.5 Å². The Hall–Kier alpha value is -2.88. The molecule has 0 aliphatic heterocycles. The van der Waals surface area contributed by atoms with Gasteiger partial charge in [-0.3, -0.25) is 9.78 Å². The van der Waals surface area contributed by atoms with Crippen LogP contribution in [0.15, 0.2) is 60.9 Å². The van der Waals surface area contributed by atoms with Gasteiger partial charge in [-0.05, 0) is 41.8 Å². The monoisotopic (exact) mass is 323 g/mol. The predicted octanol–water partition coefficient (Wildman–Crippen LogP) is 4.76. The highest BCUT2D eigenvalue weighted by Gasteiger charge is 2.17. The Morgan fingerprint density at radius 3 is 2.29 bits per heavy atom. The van der Waals surface area contributed by atoms with Crippen molar-refractivity contribution in [2.24, 2.45) is 0 Å². The van der Waals surface area contributed by atoms with Gasteiger partial charge in [-0.25, -0.2) is 8.78 Å². The number of hydrogen-bond donors (Lipinski definition) is 0. The largest absolute Gasteiger partial charge is 0.294 e. The van der Waals surface area contributed by atoms with Gasteiger partial charge < -0.3 is 0 Å². The number of Topliss-reactive ketones (excluding diaryl/α,β-unsaturated/α-hetero) is 1. The molecule has 1 heterocycles. The van der Waals surface area contributed by atoms with Crippen LogP contribution in [0.5, 0.6) is 0 Å². The van der Waals surface area contributed by atoms with E-state index in [1.807, 2.05) is 25.1 Å². The zero-order valence-corrected chi connectivity index (χ0v) is 13.1. The van der Waals surface area contributed by atoms with E-state index >= 15 is 0 Å². The lowest BCUT2D eigenvalue weighted by Gasteiger charge is -2.07. The standard InChI is InChI=1S/C20H15F2NO/c1-13-9-10-23-12-16(13)15-7-5-14(6-8-15)11-19(24)20-17(21)3-2-4-18(20)22/h2-10,12H,11H2,1H3. The highest BCUT2D eigenvalue weighted by atomic mass is 19.1. The average molecular weight is 323 g/mol. The van der Waals surface area contributed by atoms with Crippen molar-refractivity contribution < 1.29 is 13.6 Å². The van der Waals surface area contributed by atoms with Crippen molar-refractivity contribution in [2.75, 3.05) is 0 Å². The van der Waals surface area contributed by atoms with E-state index in [-0.39, 0.29) is 6.42 Å². The lowest BCUT2D eigenvalue weighted by molar-refractivity contribution is 0.0985. The average Bonchev–Trinajstić information content (AvgIpc) is 2.56. The van der Waals surface area contributed by atoms with E-state index in [2.05, 4.69) is 4.98 Å². The number of carbonyl (C=O) groups is 1. The topological polar surface area (TPSA) is 30.0 Å². The molecule has 2 nitrogen and oxygen atoms in total. The normalized spacial score (nSPS) is 10.6. The second-order valence-electron chi connectivity index (χ2n) is 5.58. The molecule has 1 aromatic heterocycles. The van der Waals surface area contributed by atoms with Gasteiger partial charge in [-0.1, -0.05) is 30.3 Å². The number of carbonyl (C=O) groups excluding carboxylic acids is 1. The molecule has 3 aromatic rings. The van der Waals surface area contributed by atoms with Crippen LogP contribution in [-0.4, -0.2) is 10.8 Å². The molecule has 3 rings (SSSR count). The van der Waals surface area contributed by atoms with E-state index in [1.165, 1.54) is 6.07 Å². The molecule has 0 radical (unpaired) electrons. The molecule has 24 heavy (non-hydrogen) atoms. The summed E-state index contributed by atoms with van der Waals surface area (Å²) in [4.78, 5) is 16.3. The Bertz CT molecular complexity index is 868. The van der Waals surface area contributed by atoms with E-state index in [0.29, 0.717) is 5.56 Å². The van der Waals surface area contributed by atoms with Crippen molar-refractivity contribution >= 4 is 5.78 Å². The first-order valence-corrected chi connectivity index (χ1v) is 7.53. The van der Waals surface area contributed by atoms with Crippen LogP contribution in [0.3, 0.4) is 0 Å². The van der Waals surface area contributed by atoms with Crippen LogP contribution in [0, 0.1) is 18.6 Å². The van der Waals surface area contributed by atoms with Gasteiger partial charge in [0.1, 0.15) is 11.6 Å². The minimum Gasteiger partial charge on any atom is -0.294 e. The van der Waals surface area contributed by atoms with Gasteiger partial charge >= 0.3 is 0 Å². The highest BCUT2D eigenvalue weighted by molar-refractivity contribution is 5.98. The third-order valence-electron chi connectivity index (χ3n) is 3.91. The number of halogens is 2. The van der Waals surface area contributed by atoms with Crippen LogP contribution >= 0.6 is 0 Å². The fourth-order valence-electron chi connectivity index (χ4n) is 2.61. The lowest BCUT2D eigenvalue weighted by Crippen LogP contribution is -2.09. The molecule has 4 heteroatoms. The van der Waals surface area contributed by atoms with Crippen LogP contribution in [0.4, 0.5) is 8.78 Å². The molecule has 2 aromatic carbocycles. The minimum atomic E-state index is -0.831. The van der Waals surface area contributed by atoms with Gasteiger partial charge in [0, 0.05) is 24.4 Å². The summed E-state index contributed by atoms with van der Waals surface area (Å²) in [5.41, 5.74) is 3.31. The number of pyridine rings is 1. The lowest BCUT2D eigenvalue weighted by atomic mass is 9.98. The summed E-state index contributed by atoms with van der Waals surface area (Å²) in [5.74, 6) is -2.24. The number of aryl methyl sites for hydroxylation is 1. The molecular weight excluding hydrogens is 308 g/mol. The number of ketones is 1. The summed E-state index contributed by atoms with van der Waals surface area (Å²) >= 11 is 0. The van der Waals surface area contributed by atoms with Crippen LogP contribution < -0.4 is 0 Å². The quantitative estimate of drug-likeness (QED) is 0.648. The van der Waals surface area contributed by atoms with Crippen LogP contribution in [0.25, 0.3) is 11.1 Å². The molecule has 0 amide bonds. The number of benzene rings is 2. The van der Waals surface area contributed by atoms with Crippen LogP contribution in [0.1, 0.15) is 21.5 Å². The first-order chi connectivity index (χ1) is 11.6. The molecule has 0 spiro atoms. The molecule has 0 bridgehead atoms. The SMILES string of the molecule is Cc1ccncc1-c1ccc(CC(=O)c2c(F)cccc2F)cc1. The van der Waals surface area contributed by atoms with Crippen molar-refractivity contribution in [1.29, 1.82) is 0 Å². The summed E-state index contributed by atoms with van der Waals surface area (Å²) < 4.78 is 27.3. The molecule has 0 fully saturated rings. The Morgan fingerprint density at radius 2 is 1.67 bits per heavy atom. The maximum atomic E-state index is 13.7. The molecule has 0 saturated heterocycles. The highest BCUT2D eigenvalue weighted by Crippen LogP contribution is 2.23.